The second-order valence-electron chi connectivity index (χ2n) is 8.04. The molecule has 1 aliphatic heterocycles. The maximum atomic E-state index is 6.23. The first kappa shape index (κ1) is 19.9. The number of piperidine rings is 1. The molecular weight excluding hydrogens is 460 g/mol. The zero-order valence-electron chi connectivity index (χ0n) is 16.7. The van der Waals surface area contributed by atoms with Crippen molar-refractivity contribution < 1.29 is 0 Å². The van der Waals surface area contributed by atoms with Crippen LogP contribution in [-0.2, 0) is 6.42 Å². The lowest BCUT2D eigenvalue weighted by molar-refractivity contribution is 0.215. The van der Waals surface area contributed by atoms with Gasteiger partial charge in [-0.2, -0.15) is 5.10 Å². The van der Waals surface area contributed by atoms with Crippen LogP contribution in [0.3, 0.4) is 0 Å². The van der Waals surface area contributed by atoms with Crippen LogP contribution in [0.2, 0.25) is 5.02 Å². The largest absolute Gasteiger partial charge is 0.361 e. The summed E-state index contributed by atoms with van der Waals surface area (Å²) < 4.78 is 3.01. The maximum Gasteiger partial charge on any atom is 0.0787 e. The summed E-state index contributed by atoms with van der Waals surface area (Å²) in [6.45, 7) is 3.35. The van der Waals surface area contributed by atoms with Crippen LogP contribution in [0.5, 0.6) is 0 Å². The number of para-hydroxylation sites is 1. The third kappa shape index (κ3) is 4.07. The van der Waals surface area contributed by atoms with Gasteiger partial charge in [0, 0.05) is 39.3 Å². The van der Waals surface area contributed by atoms with Crippen LogP contribution in [0.4, 0.5) is 0 Å². The Morgan fingerprint density at radius 3 is 2.80 bits per heavy atom. The third-order valence-electron chi connectivity index (χ3n) is 6.16. The van der Waals surface area contributed by atoms with Crippen molar-refractivity contribution in [1.82, 2.24) is 19.7 Å². The number of halogens is 2. The van der Waals surface area contributed by atoms with E-state index in [0.717, 1.165) is 41.2 Å². The summed E-state index contributed by atoms with van der Waals surface area (Å²) in [6, 6.07) is 14.3. The molecule has 6 heteroatoms. The summed E-state index contributed by atoms with van der Waals surface area (Å²) in [4.78, 5) is 5.98. The van der Waals surface area contributed by atoms with E-state index in [-0.39, 0.29) is 0 Å². The van der Waals surface area contributed by atoms with Crippen molar-refractivity contribution in [2.75, 3.05) is 19.6 Å². The number of hydrogen-bond acceptors (Lipinski definition) is 2. The lowest BCUT2D eigenvalue weighted by Crippen LogP contribution is -2.34. The number of fused-ring (bicyclic) bond motifs is 1. The number of hydrogen-bond donors (Lipinski definition) is 1. The Morgan fingerprint density at radius 1 is 1.13 bits per heavy atom. The molecule has 1 N–H and O–H groups in total. The zero-order chi connectivity index (χ0) is 20.5. The molecule has 154 valence electrons. The van der Waals surface area contributed by atoms with E-state index in [9.17, 15) is 0 Å². The minimum atomic E-state index is 0.603. The van der Waals surface area contributed by atoms with Crippen LogP contribution in [0, 0.1) is 0 Å². The number of benzene rings is 2. The molecule has 1 aliphatic rings. The first-order valence-electron chi connectivity index (χ1n) is 10.4. The standard InChI is InChI=1S/C24H24BrClN4/c25-22-3-1-2-4-24(22)30-16-17(14-28-30)7-10-29-11-8-18(9-12-29)21-15-27-23-6-5-19(26)13-20(21)23/h1-6,13-16,18,27H,7-12H2. The van der Waals surface area contributed by atoms with Crippen molar-refractivity contribution in [2.45, 2.75) is 25.2 Å². The normalized spacial score (nSPS) is 15.8. The van der Waals surface area contributed by atoms with E-state index in [1.54, 1.807) is 0 Å². The Kier molecular flexibility index (Phi) is 5.68. The Hall–Kier alpha value is -2.08. The van der Waals surface area contributed by atoms with Crippen LogP contribution in [0.25, 0.3) is 16.6 Å². The maximum absolute atomic E-state index is 6.23. The highest BCUT2D eigenvalue weighted by atomic mass is 79.9. The second-order valence-corrected chi connectivity index (χ2v) is 9.34. The quantitative estimate of drug-likeness (QED) is 0.367. The van der Waals surface area contributed by atoms with Crippen molar-refractivity contribution in [3.63, 3.8) is 0 Å². The van der Waals surface area contributed by atoms with E-state index in [2.05, 4.69) is 61.5 Å². The van der Waals surface area contributed by atoms with Gasteiger partial charge in [-0.1, -0.05) is 23.7 Å². The van der Waals surface area contributed by atoms with Crippen LogP contribution in [-0.4, -0.2) is 39.3 Å². The molecule has 0 bridgehead atoms. The van der Waals surface area contributed by atoms with Gasteiger partial charge in [-0.15, -0.1) is 0 Å². The van der Waals surface area contributed by atoms with E-state index in [4.69, 9.17) is 11.6 Å². The van der Waals surface area contributed by atoms with Crippen molar-refractivity contribution in [1.29, 1.82) is 0 Å². The molecule has 0 radical (unpaired) electrons. The van der Waals surface area contributed by atoms with Crippen LogP contribution < -0.4 is 0 Å². The molecule has 4 aromatic rings. The predicted molar refractivity (Wildman–Crippen MR) is 127 cm³/mol. The Labute approximate surface area is 190 Å². The van der Waals surface area contributed by atoms with E-state index in [0.29, 0.717) is 5.92 Å². The first-order chi connectivity index (χ1) is 14.7. The summed E-state index contributed by atoms with van der Waals surface area (Å²) >= 11 is 9.83. The number of aromatic nitrogens is 3. The molecule has 0 aliphatic carbocycles. The van der Waals surface area contributed by atoms with Crippen LogP contribution >= 0.6 is 27.5 Å². The van der Waals surface area contributed by atoms with Crippen molar-refractivity contribution in [3.05, 3.63) is 81.7 Å². The predicted octanol–water partition coefficient (Wildman–Crippen LogP) is 6.19. The Balaban J connectivity index is 1.18. The molecule has 1 saturated heterocycles. The third-order valence-corrected chi connectivity index (χ3v) is 7.06. The molecule has 0 spiro atoms. The fourth-order valence-electron chi connectivity index (χ4n) is 4.47. The number of H-pyrrole nitrogens is 1. The molecule has 30 heavy (non-hydrogen) atoms. The number of nitrogens with zero attached hydrogens (tertiary/aromatic N) is 3. The van der Waals surface area contributed by atoms with Gasteiger partial charge in [-0.3, -0.25) is 0 Å². The summed E-state index contributed by atoms with van der Waals surface area (Å²) in [5.41, 5.74) is 4.95. The molecule has 0 atom stereocenters. The lowest BCUT2D eigenvalue weighted by atomic mass is 9.89. The summed E-state index contributed by atoms with van der Waals surface area (Å²) in [5.74, 6) is 0.603. The minimum Gasteiger partial charge on any atom is -0.361 e. The van der Waals surface area contributed by atoms with E-state index in [1.165, 1.54) is 34.9 Å². The molecule has 1 fully saturated rings. The van der Waals surface area contributed by atoms with E-state index in [1.807, 2.05) is 35.1 Å². The van der Waals surface area contributed by atoms with Gasteiger partial charge in [0.25, 0.3) is 0 Å². The molecular formula is C24H24BrClN4. The van der Waals surface area contributed by atoms with Crippen molar-refractivity contribution in [2.24, 2.45) is 0 Å². The number of rotatable bonds is 5. The molecule has 0 unspecified atom stereocenters. The van der Waals surface area contributed by atoms with Gasteiger partial charge in [0.1, 0.15) is 0 Å². The number of likely N-dealkylation sites (tertiary alicyclic amines) is 1. The highest BCUT2D eigenvalue weighted by molar-refractivity contribution is 9.10. The zero-order valence-corrected chi connectivity index (χ0v) is 19.0. The SMILES string of the molecule is Clc1ccc2[nH]cc(C3CCN(CCc4cnn(-c5ccccc5Br)c4)CC3)c2c1. The van der Waals surface area contributed by atoms with Crippen LogP contribution in [0.1, 0.15) is 29.9 Å². The minimum absolute atomic E-state index is 0.603. The first-order valence-corrected chi connectivity index (χ1v) is 11.6. The molecule has 4 nitrogen and oxygen atoms in total. The fraction of sp³-hybridized carbons (Fsp3) is 0.292. The lowest BCUT2D eigenvalue weighted by Gasteiger charge is -2.31. The Bertz CT molecular complexity index is 1160. The molecule has 0 saturated carbocycles. The van der Waals surface area contributed by atoms with Crippen molar-refractivity contribution >= 4 is 38.4 Å². The van der Waals surface area contributed by atoms with E-state index < -0.39 is 0 Å². The van der Waals surface area contributed by atoms with Gasteiger partial charge >= 0.3 is 0 Å². The summed E-state index contributed by atoms with van der Waals surface area (Å²) in [7, 11) is 0. The Morgan fingerprint density at radius 2 is 1.97 bits per heavy atom. The average Bonchev–Trinajstić information content (AvgIpc) is 3.40. The highest BCUT2D eigenvalue weighted by Gasteiger charge is 2.22. The van der Waals surface area contributed by atoms with Crippen molar-refractivity contribution in [3.8, 4) is 5.69 Å². The number of nitrogens with one attached hydrogen (secondary N) is 1. The summed E-state index contributed by atoms with van der Waals surface area (Å²) in [6.07, 6.45) is 9.71. The second kappa shape index (κ2) is 8.58. The highest BCUT2D eigenvalue weighted by Crippen LogP contribution is 2.34. The number of aromatic amines is 1. The van der Waals surface area contributed by atoms with Gasteiger partial charge in [-0.05, 0) is 95.7 Å². The van der Waals surface area contributed by atoms with Gasteiger partial charge < -0.3 is 9.88 Å². The molecule has 0 amide bonds. The molecule has 5 rings (SSSR count). The van der Waals surface area contributed by atoms with Gasteiger partial charge in [0.2, 0.25) is 0 Å². The molecule has 2 aromatic carbocycles. The van der Waals surface area contributed by atoms with E-state index >= 15 is 0 Å². The summed E-state index contributed by atoms with van der Waals surface area (Å²) in [5, 5.41) is 6.63. The monoisotopic (exact) mass is 482 g/mol. The molecule has 2 aromatic heterocycles. The van der Waals surface area contributed by atoms with Gasteiger partial charge in [0.05, 0.1) is 11.9 Å². The van der Waals surface area contributed by atoms with Gasteiger partial charge in [-0.25, -0.2) is 4.68 Å². The molecule has 3 heterocycles. The smallest absolute Gasteiger partial charge is 0.0787 e. The van der Waals surface area contributed by atoms with Gasteiger partial charge in [0.15, 0.2) is 0 Å². The average molecular weight is 484 g/mol. The fourth-order valence-corrected chi connectivity index (χ4v) is 5.10. The van der Waals surface area contributed by atoms with Crippen LogP contribution in [0.15, 0.2) is 65.5 Å². The topological polar surface area (TPSA) is 36.9 Å².